The maximum atomic E-state index is 12.1. The molecule has 0 radical (unpaired) electrons. The van der Waals surface area contributed by atoms with E-state index in [1.54, 1.807) is 19.1 Å². The van der Waals surface area contributed by atoms with E-state index in [9.17, 15) is 18.0 Å². The van der Waals surface area contributed by atoms with E-state index in [1.807, 2.05) is 0 Å². The third-order valence-electron chi connectivity index (χ3n) is 3.46. The van der Waals surface area contributed by atoms with Crippen LogP contribution in [0.1, 0.15) is 25.3 Å². The molecule has 0 spiro atoms. The van der Waals surface area contributed by atoms with Gasteiger partial charge < -0.3 is 10.0 Å². The van der Waals surface area contributed by atoms with E-state index in [0.29, 0.717) is 13.0 Å². The van der Waals surface area contributed by atoms with Crippen molar-refractivity contribution in [2.24, 2.45) is 0 Å². The number of hydrogen-bond donors (Lipinski definition) is 2. The smallest absolute Gasteiger partial charge is 0.305 e. The lowest BCUT2D eigenvalue weighted by molar-refractivity contribution is -0.138. The zero-order valence-electron chi connectivity index (χ0n) is 13.3. The third-order valence-corrected chi connectivity index (χ3v) is 4.89. The molecule has 7 nitrogen and oxygen atoms in total. The molecular formula is C15H22N2O5S. The van der Waals surface area contributed by atoms with Gasteiger partial charge in [-0.3, -0.25) is 9.59 Å². The Balaban J connectivity index is 2.60. The molecule has 0 bridgehead atoms. The van der Waals surface area contributed by atoms with Crippen molar-refractivity contribution in [2.45, 2.75) is 31.1 Å². The van der Waals surface area contributed by atoms with Gasteiger partial charge in [-0.15, -0.1) is 0 Å². The number of carbonyl (C=O) groups excluding carboxylic acids is 1. The molecule has 1 aromatic carbocycles. The Morgan fingerprint density at radius 2 is 1.78 bits per heavy atom. The summed E-state index contributed by atoms with van der Waals surface area (Å²) in [5.41, 5.74) is 0.850. The van der Waals surface area contributed by atoms with E-state index in [1.165, 1.54) is 24.1 Å². The first kappa shape index (κ1) is 19.1. The van der Waals surface area contributed by atoms with Crippen LogP contribution in [0, 0.1) is 0 Å². The quantitative estimate of drug-likeness (QED) is 0.692. The number of benzene rings is 1. The predicted octanol–water partition coefficient (Wildman–Crippen LogP) is 0.851. The molecular weight excluding hydrogens is 320 g/mol. The van der Waals surface area contributed by atoms with Gasteiger partial charge in [0.15, 0.2) is 0 Å². The van der Waals surface area contributed by atoms with Crippen LogP contribution in [0.15, 0.2) is 29.2 Å². The predicted molar refractivity (Wildman–Crippen MR) is 85.5 cm³/mol. The monoisotopic (exact) mass is 342 g/mol. The van der Waals surface area contributed by atoms with Crippen LogP contribution in [0.2, 0.25) is 0 Å². The maximum Gasteiger partial charge on any atom is 0.305 e. The molecule has 0 unspecified atom stereocenters. The van der Waals surface area contributed by atoms with Crippen molar-refractivity contribution in [3.05, 3.63) is 29.8 Å². The fourth-order valence-electron chi connectivity index (χ4n) is 2.05. The molecule has 0 fully saturated rings. The highest BCUT2D eigenvalue weighted by Gasteiger charge is 2.14. The highest BCUT2D eigenvalue weighted by atomic mass is 32.2. The van der Waals surface area contributed by atoms with Crippen molar-refractivity contribution in [2.75, 3.05) is 20.1 Å². The van der Waals surface area contributed by atoms with Crippen molar-refractivity contribution in [3.8, 4) is 0 Å². The molecule has 1 aromatic rings. The van der Waals surface area contributed by atoms with Crippen LogP contribution in [0.25, 0.3) is 0 Å². The Labute approximate surface area is 136 Å². The molecule has 128 valence electrons. The van der Waals surface area contributed by atoms with Crippen LogP contribution < -0.4 is 4.72 Å². The second-order valence-electron chi connectivity index (χ2n) is 4.97. The van der Waals surface area contributed by atoms with Crippen LogP contribution in [0.5, 0.6) is 0 Å². The minimum Gasteiger partial charge on any atom is -0.481 e. The molecule has 0 saturated heterocycles. The molecule has 0 saturated carbocycles. The van der Waals surface area contributed by atoms with Gasteiger partial charge in [0.2, 0.25) is 15.9 Å². The average Bonchev–Trinajstić information content (AvgIpc) is 2.53. The summed E-state index contributed by atoms with van der Waals surface area (Å²) >= 11 is 0. The second-order valence-corrected chi connectivity index (χ2v) is 6.86. The van der Waals surface area contributed by atoms with Crippen LogP contribution in [0.3, 0.4) is 0 Å². The Kier molecular flexibility index (Phi) is 7.18. The first-order valence-corrected chi connectivity index (χ1v) is 8.80. The van der Waals surface area contributed by atoms with Crippen molar-refractivity contribution < 1.29 is 23.1 Å². The summed E-state index contributed by atoms with van der Waals surface area (Å²) in [6.45, 7) is 2.46. The van der Waals surface area contributed by atoms with E-state index in [0.717, 1.165) is 5.56 Å². The van der Waals surface area contributed by atoms with Crippen LogP contribution in [0.4, 0.5) is 0 Å². The average molecular weight is 342 g/mol. The molecule has 23 heavy (non-hydrogen) atoms. The van der Waals surface area contributed by atoms with E-state index in [4.69, 9.17) is 5.11 Å². The van der Waals surface area contributed by atoms with Crippen LogP contribution in [-0.2, 0) is 26.0 Å². The second kappa shape index (κ2) is 8.64. The number of nitrogens with zero attached hydrogens (tertiary/aromatic N) is 1. The number of sulfonamides is 1. The van der Waals surface area contributed by atoms with Gasteiger partial charge in [-0.25, -0.2) is 13.1 Å². The highest BCUT2D eigenvalue weighted by molar-refractivity contribution is 7.89. The minimum atomic E-state index is -3.46. The molecule has 0 aromatic heterocycles. The zero-order chi connectivity index (χ0) is 17.5. The number of hydrogen-bond acceptors (Lipinski definition) is 4. The van der Waals surface area contributed by atoms with Gasteiger partial charge >= 0.3 is 5.97 Å². The van der Waals surface area contributed by atoms with Gasteiger partial charge in [0.1, 0.15) is 0 Å². The number of nitrogens with one attached hydrogen (secondary N) is 1. The maximum absolute atomic E-state index is 12.1. The summed E-state index contributed by atoms with van der Waals surface area (Å²) in [5, 5.41) is 8.67. The van der Waals surface area contributed by atoms with Gasteiger partial charge in [0.25, 0.3) is 0 Å². The third kappa shape index (κ3) is 5.99. The Morgan fingerprint density at radius 3 is 2.26 bits per heavy atom. The van der Waals surface area contributed by atoms with Crippen LogP contribution >= 0.6 is 0 Å². The van der Waals surface area contributed by atoms with E-state index >= 15 is 0 Å². The molecule has 0 atom stereocenters. The summed E-state index contributed by atoms with van der Waals surface area (Å²) in [7, 11) is -2.11. The SMILES string of the molecule is CCN(CCC(=O)O)C(=O)CCc1ccc(S(=O)(=O)NC)cc1. The van der Waals surface area contributed by atoms with Crippen molar-refractivity contribution in [1.29, 1.82) is 0 Å². The Morgan fingerprint density at radius 1 is 1.17 bits per heavy atom. The molecule has 0 aliphatic rings. The molecule has 0 heterocycles. The minimum absolute atomic E-state index is 0.0733. The lowest BCUT2D eigenvalue weighted by atomic mass is 10.1. The van der Waals surface area contributed by atoms with Gasteiger partial charge in [-0.1, -0.05) is 12.1 Å². The number of rotatable bonds is 9. The molecule has 1 rings (SSSR count). The van der Waals surface area contributed by atoms with Gasteiger partial charge in [-0.05, 0) is 38.1 Å². The summed E-state index contributed by atoms with van der Waals surface area (Å²) in [6, 6.07) is 6.33. The highest BCUT2D eigenvalue weighted by Crippen LogP contribution is 2.12. The lowest BCUT2D eigenvalue weighted by Crippen LogP contribution is -2.32. The van der Waals surface area contributed by atoms with Crippen LogP contribution in [-0.4, -0.2) is 50.4 Å². The largest absolute Gasteiger partial charge is 0.481 e. The van der Waals surface area contributed by atoms with Crippen molar-refractivity contribution in [1.82, 2.24) is 9.62 Å². The number of carbonyl (C=O) groups is 2. The molecule has 8 heteroatoms. The van der Waals surface area contributed by atoms with Crippen molar-refractivity contribution in [3.63, 3.8) is 0 Å². The zero-order valence-corrected chi connectivity index (χ0v) is 14.1. The van der Waals surface area contributed by atoms with E-state index in [2.05, 4.69) is 4.72 Å². The van der Waals surface area contributed by atoms with E-state index < -0.39 is 16.0 Å². The summed E-state index contributed by atoms with van der Waals surface area (Å²) in [4.78, 5) is 24.3. The number of carboxylic acid groups (broad SMARTS) is 1. The lowest BCUT2D eigenvalue weighted by Gasteiger charge is -2.20. The normalized spacial score (nSPS) is 11.2. The van der Waals surface area contributed by atoms with Crippen molar-refractivity contribution >= 4 is 21.9 Å². The number of aliphatic carboxylic acids is 1. The van der Waals surface area contributed by atoms with Gasteiger partial charge in [0.05, 0.1) is 11.3 Å². The summed E-state index contributed by atoms with van der Waals surface area (Å²) in [5.74, 6) is -1.04. The number of aryl methyl sites for hydroxylation is 1. The fraction of sp³-hybridized carbons (Fsp3) is 0.467. The topological polar surface area (TPSA) is 104 Å². The molecule has 0 aliphatic carbocycles. The number of carboxylic acids is 1. The Hall–Kier alpha value is -1.93. The molecule has 0 aliphatic heterocycles. The van der Waals surface area contributed by atoms with Gasteiger partial charge in [0, 0.05) is 19.5 Å². The molecule has 1 amide bonds. The first-order valence-electron chi connectivity index (χ1n) is 7.32. The van der Waals surface area contributed by atoms with E-state index in [-0.39, 0.29) is 30.2 Å². The standard InChI is InChI=1S/C15H22N2O5S/c1-3-17(11-10-15(19)20)14(18)9-6-12-4-7-13(8-5-12)23(21,22)16-2/h4-5,7-8,16H,3,6,9-11H2,1-2H3,(H,19,20). The van der Waals surface area contributed by atoms with Gasteiger partial charge in [-0.2, -0.15) is 0 Å². The summed E-state index contributed by atoms with van der Waals surface area (Å²) < 4.78 is 25.5. The Bertz CT molecular complexity index is 640. The first-order chi connectivity index (χ1) is 10.8. The molecule has 2 N–H and O–H groups in total. The summed E-state index contributed by atoms with van der Waals surface area (Å²) in [6.07, 6.45) is 0.657. The fourth-order valence-corrected chi connectivity index (χ4v) is 2.78. The number of amides is 1.